The predicted molar refractivity (Wildman–Crippen MR) is 81.3 cm³/mol. The Balaban J connectivity index is 2.35. The zero-order valence-electron chi connectivity index (χ0n) is 10.1. The topological polar surface area (TPSA) is 46.2 Å². The standard InChI is InChI=1S/C13H10BrClFNO2S/c14-8-9-4-6-10(7-5-9)20(18,19)17-13-11(15)2-1-3-12(13)16/h1-7,17H,8H2. The second kappa shape index (κ2) is 6.11. The van der Waals surface area contributed by atoms with Gasteiger partial charge in [-0.2, -0.15) is 0 Å². The highest BCUT2D eigenvalue weighted by Gasteiger charge is 2.18. The van der Waals surface area contributed by atoms with Gasteiger partial charge in [0, 0.05) is 5.33 Å². The van der Waals surface area contributed by atoms with Crippen molar-refractivity contribution >= 4 is 43.2 Å². The monoisotopic (exact) mass is 377 g/mol. The molecule has 0 unspecified atom stereocenters. The zero-order chi connectivity index (χ0) is 14.8. The van der Waals surface area contributed by atoms with Crippen molar-refractivity contribution in [3.8, 4) is 0 Å². The lowest BCUT2D eigenvalue weighted by molar-refractivity contribution is 0.598. The molecular formula is C13H10BrClFNO2S. The van der Waals surface area contributed by atoms with Gasteiger partial charge in [-0.15, -0.1) is 0 Å². The van der Waals surface area contributed by atoms with E-state index in [1.165, 1.54) is 24.3 Å². The number of rotatable bonds is 4. The van der Waals surface area contributed by atoms with Gasteiger partial charge in [-0.3, -0.25) is 4.72 Å². The first-order chi connectivity index (χ1) is 9.44. The molecule has 7 heteroatoms. The third-order valence-corrected chi connectivity index (χ3v) is 4.92. The van der Waals surface area contributed by atoms with Gasteiger partial charge in [0.1, 0.15) is 11.5 Å². The number of halogens is 3. The highest BCUT2D eigenvalue weighted by atomic mass is 79.9. The lowest BCUT2D eigenvalue weighted by Gasteiger charge is -2.10. The zero-order valence-corrected chi connectivity index (χ0v) is 13.3. The van der Waals surface area contributed by atoms with E-state index in [9.17, 15) is 12.8 Å². The molecule has 3 nitrogen and oxygen atoms in total. The third-order valence-electron chi connectivity index (χ3n) is 2.59. The fraction of sp³-hybridized carbons (Fsp3) is 0.0769. The second-order valence-electron chi connectivity index (χ2n) is 3.98. The van der Waals surface area contributed by atoms with E-state index in [1.54, 1.807) is 12.1 Å². The van der Waals surface area contributed by atoms with Gasteiger partial charge >= 0.3 is 0 Å². The largest absolute Gasteiger partial charge is 0.275 e. The van der Waals surface area contributed by atoms with Crippen LogP contribution >= 0.6 is 27.5 Å². The maximum atomic E-state index is 13.6. The molecule has 20 heavy (non-hydrogen) atoms. The number of sulfonamides is 1. The molecule has 0 aliphatic rings. The number of anilines is 1. The Labute approximate surface area is 130 Å². The van der Waals surface area contributed by atoms with Crippen LogP contribution in [0.25, 0.3) is 0 Å². The van der Waals surface area contributed by atoms with Gasteiger partial charge in [-0.05, 0) is 29.8 Å². The van der Waals surface area contributed by atoms with Crippen LogP contribution in [0.2, 0.25) is 5.02 Å². The van der Waals surface area contributed by atoms with Crippen LogP contribution in [0.5, 0.6) is 0 Å². The van der Waals surface area contributed by atoms with Crippen LogP contribution in [-0.4, -0.2) is 8.42 Å². The highest BCUT2D eigenvalue weighted by Crippen LogP contribution is 2.27. The van der Waals surface area contributed by atoms with E-state index in [0.717, 1.165) is 11.6 Å². The van der Waals surface area contributed by atoms with Crippen molar-refractivity contribution in [2.45, 2.75) is 10.2 Å². The number of hydrogen-bond acceptors (Lipinski definition) is 2. The maximum absolute atomic E-state index is 13.6. The molecule has 0 aromatic heterocycles. The summed E-state index contributed by atoms with van der Waals surface area (Å²) in [6.45, 7) is 0. The minimum Gasteiger partial charge on any atom is -0.275 e. The van der Waals surface area contributed by atoms with E-state index < -0.39 is 15.8 Å². The van der Waals surface area contributed by atoms with Crippen LogP contribution in [0.15, 0.2) is 47.4 Å². The number of benzene rings is 2. The van der Waals surface area contributed by atoms with E-state index >= 15 is 0 Å². The lowest BCUT2D eigenvalue weighted by atomic mass is 10.2. The molecule has 0 aliphatic heterocycles. The molecule has 106 valence electrons. The van der Waals surface area contributed by atoms with E-state index in [0.29, 0.717) is 5.33 Å². The molecule has 2 aromatic rings. The molecular weight excluding hydrogens is 369 g/mol. The summed E-state index contributed by atoms with van der Waals surface area (Å²) in [5.74, 6) is -0.724. The first kappa shape index (κ1) is 15.3. The van der Waals surface area contributed by atoms with Gasteiger partial charge in [-0.25, -0.2) is 12.8 Å². The fourth-order valence-corrected chi connectivity index (χ4v) is 3.27. The Morgan fingerprint density at radius 1 is 1.15 bits per heavy atom. The van der Waals surface area contributed by atoms with Gasteiger partial charge in [0.15, 0.2) is 0 Å². The van der Waals surface area contributed by atoms with Crippen molar-refractivity contribution in [2.75, 3.05) is 4.72 Å². The van der Waals surface area contributed by atoms with E-state index in [1.807, 2.05) is 0 Å². The Morgan fingerprint density at radius 2 is 1.80 bits per heavy atom. The van der Waals surface area contributed by atoms with Gasteiger partial charge in [0.2, 0.25) is 0 Å². The van der Waals surface area contributed by atoms with Gasteiger partial charge in [-0.1, -0.05) is 45.7 Å². The van der Waals surface area contributed by atoms with Gasteiger partial charge in [0.25, 0.3) is 10.0 Å². The Hall–Kier alpha value is -1.11. The predicted octanol–water partition coefficient (Wildman–Crippen LogP) is 4.17. The minimum atomic E-state index is -3.87. The van der Waals surface area contributed by atoms with Crippen molar-refractivity contribution < 1.29 is 12.8 Å². The maximum Gasteiger partial charge on any atom is 0.262 e. The lowest BCUT2D eigenvalue weighted by Crippen LogP contribution is -2.14. The molecule has 0 spiro atoms. The number of alkyl halides is 1. The molecule has 1 N–H and O–H groups in total. The summed E-state index contributed by atoms with van der Waals surface area (Å²) in [4.78, 5) is 0.0431. The van der Waals surface area contributed by atoms with Crippen molar-refractivity contribution in [1.29, 1.82) is 0 Å². The molecule has 0 bridgehead atoms. The first-order valence-corrected chi connectivity index (χ1v) is 8.54. The van der Waals surface area contributed by atoms with E-state index in [4.69, 9.17) is 11.6 Å². The molecule has 0 radical (unpaired) electrons. The molecule has 0 saturated heterocycles. The Morgan fingerprint density at radius 3 is 2.35 bits per heavy atom. The molecule has 0 amide bonds. The van der Waals surface area contributed by atoms with Crippen LogP contribution in [0.4, 0.5) is 10.1 Å². The van der Waals surface area contributed by atoms with Crippen LogP contribution in [-0.2, 0) is 15.4 Å². The van der Waals surface area contributed by atoms with Crippen molar-refractivity contribution in [3.05, 3.63) is 58.9 Å². The second-order valence-corrected chi connectivity index (χ2v) is 6.63. The van der Waals surface area contributed by atoms with Crippen molar-refractivity contribution in [2.24, 2.45) is 0 Å². The summed E-state index contributed by atoms with van der Waals surface area (Å²) < 4.78 is 40.1. The third kappa shape index (κ3) is 3.31. The smallest absolute Gasteiger partial charge is 0.262 e. The molecule has 0 atom stereocenters. The van der Waals surface area contributed by atoms with E-state index in [-0.39, 0.29) is 15.6 Å². The van der Waals surface area contributed by atoms with Crippen molar-refractivity contribution in [3.63, 3.8) is 0 Å². The van der Waals surface area contributed by atoms with E-state index in [2.05, 4.69) is 20.7 Å². The Kier molecular flexibility index (Phi) is 4.67. The highest BCUT2D eigenvalue weighted by molar-refractivity contribution is 9.08. The minimum absolute atomic E-state index is 0.00523. The summed E-state index contributed by atoms with van der Waals surface area (Å²) in [6, 6.07) is 10.2. The number of hydrogen-bond donors (Lipinski definition) is 1. The normalized spacial score (nSPS) is 11.3. The van der Waals surface area contributed by atoms with Gasteiger partial charge < -0.3 is 0 Å². The molecule has 0 aliphatic carbocycles. The molecule has 0 fully saturated rings. The number of nitrogens with one attached hydrogen (secondary N) is 1. The summed E-state index contributed by atoms with van der Waals surface area (Å²) >= 11 is 9.07. The quantitative estimate of drug-likeness (QED) is 0.812. The van der Waals surface area contributed by atoms with Crippen LogP contribution in [0.1, 0.15) is 5.56 Å². The molecule has 2 rings (SSSR count). The average Bonchev–Trinajstić information content (AvgIpc) is 2.43. The molecule has 2 aromatic carbocycles. The SMILES string of the molecule is O=S(=O)(Nc1c(F)cccc1Cl)c1ccc(CBr)cc1. The van der Waals surface area contributed by atoms with Crippen molar-refractivity contribution in [1.82, 2.24) is 0 Å². The summed E-state index contributed by atoms with van der Waals surface area (Å²) in [5.41, 5.74) is 0.687. The Bertz CT molecular complexity index is 699. The molecule has 0 heterocycles. The summed E-state index contributed by atoms with van der Waals surface area (Å²) in [5, 5.41) is 0.630. The first-order valence-electron chi connectivity index (χ1n) is 5.56. The fourth-order valence-electron chi connectivity index (χ4n) is 1.55. The van der Waals surface area contributed by atoms with Crippen LogP contribution in [0, 0.1) is 5.82 Å². The average molecular weight is 379 g/mol. The number of para-hydroxylation sites is 1. The van der Waals surface area contributed by atoms with Crippen LogP contribution in [0.3, 0.4) is 0 Å². The summed E-state index contributed by atoms with van der Waals surface area (Å²) in [6.07, 6.45) is 0. The van der Waals surface area contributed by atoms with Crippen LogP contribution < -0.4 is 4.72 Å². The van der Waals surface area contributed by atoms with Gasteiger partial charge in [0.05, 0.1) is 9.92 Å². The molecule has 0 saturated carbocycles. The summed E-state index contributed by atoms with van der Waals surface area (Å²) in [7, 11) is -3.87.